The Morgan fingerprint density at radius 2 is 2.12 bits per heavy atom. The van der Waals surface area contributed by atoms with E-state index in [1.807, 2.05) is 31.2 Å². The molecule has 2 rings (SSSR count). The average molecular weight is 246 g/mol. The van der Waals surface area contributed by atoms with E-state index in [9.17, 15) is 4.39 Å². The zero-order valence-electron chi connectivity index (χ0n) is 9.50. The maximum atomic E-state index is 13.2. The Morgan fingerprint density at radius 1 is 1.44 bits per heavy atom. The number of ether oxygens (including phenoxy) is 1. The first-order valence-electron chi connectivity index (χ1n) is 5.18. The monoisotopic (exact) mass is 245 g/mol. The highest BCUT2D eigenvalue weighted by atomic mass is 35.5. The predicted octanol–water partition coefficient (Wildman–Crippen LogP) is 2.66. The maximum absolute atomic E-state index is 13.2. The second kappa shape index (κ2) is 5.02. The Bertz CT molecular complexity index is 361. The van der Waals surface area contributed by atoms with Crippen molar-refractivity contribution in [3.05, 3.63) is 29.8 Å². The molecule has 0 bridgehead atoms. The van der Waals surface area contributed by atoms with Gasteiger partial charge in [-0.2, -0.15) is 0 Å². The van der Waals surface area contributed by atoms with Crippen molar-refractivity contribution in [1.82, 2.24) is 5.32 Å². The molecule has 2 nitrogen and oxygen atoms in total. The molecule has 16 heavy (non-hydrogen) atoms. The van der Waals surface area contributed by atoms with Gasteiger partial charge in [0.2, 0.25) is 0 Å². The molecule has 0 amide bonds. The molecule has 1 saturated heterocycles. The number of hydrogen-bond acceptors (Lipinski definition) is 2. The van der Waals surface area contributed by atoms with Crippen LogP contribution in [0.1, 0.15) is 18.9 Å². The second-order valence-electron chi connectivity index (χ2n) is 4.21. The molecule has 4 heteroatoms. The lowest BCUT2D eigenvalue weighted by Gasteiger charge is -2.26. The summed E-state index contributed by atoms with van der Waals surface area (Å²) < 4.78 is 18.5. The summed E-state index contributed by atoms with van der Waals surface area (Å²) >= 11 is 0. The molecule has 0 spiro atoms. The molecule has 1 heterocycles. The Kier molecular flexibility index (Phi) is 4.16. The summed E-state index contributed by atoms with van der Waals surface area (Å²) in [6.45, 7) is 2.44. The number of alkyl halides is 1. The largest absolute Gasteiger partial charge is 0.496 e. The smallest absolute Gasteiger partial charge is 0.123 e. The average Bonchev–Trinajstić information content (AvgIpc) is 2.60. The van der Waals surface area contributed by atoms with Crippen LogP contribution in [-0.2, 0) is 5.54 Å². The molecule has 0 aromatic heterocycles. The van der Waals surface area contributed by atoms with Crippen LogP contribution in [0.3, 0.4) is 0 Å². The summed E-state index contributed by atoms with van der Waals surface area (Å²) in [7, 11) is 1.64. The minimum Gasteiger partial charge on any atom is -0.496 e. The summed E-state index contributed by atoms with van der Waals surface area (Å²) in [6.07, 6.45) is -0.257. The van der Waals surface area contributed by atoms with Crippen molar-refractivity contribution in [2.24, 2.45) is 0 Å². The Balaban J connectivity index is 0.00000128. The third-order valence-corrected chi connectivity index (χ3v) is 3.04. The highest BCUT2D eigenvalue weighted by Gasteiger charge is 2.37. The van der Waals surface area contributed by atoms with Gasteiger partial charge in [0.05, 0.1) is 7.11 Å². The molecule has 1 fully saturated rings. The molecule has 0 aliphatic carbocycles. The van der Waals surface area contributed by atoms with Crippen LogP contribution in [-0.4, -0.2) is 19.8 Å². The SMILES string of the molecule is COc1ccccc1C1(C)CC(F)CN1.Cl. The first kappa shape index (κ1) is 13.3. The summed E-state index contributed by atoms with van der Waals surface area (Å²) in [5, 5.41) is 3.22. The van der Waals surface area contributed by atoms with Crippen LogP contribution in [0.4, 0.5) is 4.39 Å². The lowest BCUT2D eigenvalue weighted by Crippen LogP contribution is -2.33. The van der Waals surface area contributed by atoms with Gasteiger partial charge in [-0.25, -0.2) is 4.39 Å². The highest BCUT2D eigenvalue weighted by Crippen LogP contribution is 2.36. The van der Waals surface area contributed by atoms with Gasteiger partial charge in [0, 0.05) is 24.1 Å². The van der Waals surface area contributed by atoms with Crippen molar-refractivity contribution in [3.8, 4) is 5.75 Å². The molecule has 2 unspecified atom stereocenters. The van der Waals surface area contributed by atoms with E-state index in [2.05, 4.69) is 5.32 Å². The lowest BCUT2D eigenvalue weighted by atomic mass is 9.89. The van der Waals surface area contributed by atoms with Crippen LogP contribution in [0, 0.1) is 0 Å². The summed E-state index contributed by atoms with van der Waals surface area (Å²) in [4.78, 5) is 0. The van der Waals surface area contributed by atoms with Crippen LogP contribution in [0.2, 0.25) is 0 Å². The molecule has 1 aliphatic heterocycles. The number of methoxy groups -OCH3 is 1. The van der Waals surface area contributed by atoms with Gasteiger partial charge in [-0.3, -0.25) is 0 Å². The third-order valence-electron chi connectivity index (χ3n) is 3.04. The van der Waals surface area contributed by atoms with Crippen LogP contribution in [0.15, 0.2) is 24.3 Å². The van der Waals surface area contributed by atoms with Crippen LogP contribution in [0.5, 0.6) is 5.75 Å². The lowest BCUT2D eigenvalue weighted by molar-refractivity contribution is 0.325. The molecule has 0 radical (unpaired) electrons. The molecule has 90 valence electrons. The first-order valence-corrected chi connectivity index (χ1v) is 5.18. The van der Waals surface area contributed by atoms with E-state index in [1.165, 1.54) is 0 Å². The van der Waals surface area contributed by atoms with Gasteiger partial charge < -0.3 is 10.1 Å². The molecule has 1 aromatic carbocycles. The molecular weight excluding hydrogens is 229 g/mol. The van der Waals surface area contributed by atoms with E-state index in [0.717, 1.165) is 11.3 Å². The number of para-hydroxylation sites is 1. The molecule has 1 aromatic rings. The predicted molar refractivity (Wildman–Crippen MR) is 65.1 cm³/mol. The zero-order chi connectivity index (χ0) is 10.9. The Hall–Kier alpha value is -0.800. The van der Waals surface area contributed by atoms with Gasteiger partial charge in [-0.15, -0.1) is 12.4 Å². The zero-order valence-corrected chi connectivity index (χ0v) is 10.3. The van der Waals surface area contributed by atoms with Crippen molar-refractivity contribution < 1.29 is 9.13 Å². The Labute approximate surface area is 102 Å². The third kappa shape index (κ3) is 2.30. The number of benzene rings is 1. The van der Waals surface area contributed by atoms with Crippen molar-refractivity contribution in [2.45, 2.75) is 25.1 Å². The number of hydrogen-bond donors (Lipinski definition) is 1. The van der Waals surface area contributed by atoms with E-state index >= 15 is 0 Å². The van der Waals surface area contributed by atoms with Crippen molar-refractivity contribution in [2.75, 3.05) is 13.7 Å². The first-order chi connectivity index (χ1) is 7.15. The molecule has 1 aliphatic rings. The van der Waals surface area contributed by atoms with E-state index in [-0.39, 0.29) is 17.9 Å². The standard InChI is InChI=1S/C12H16FNO.ClH/c1-12(7-9(13)8-14-12)10-5-3-4-6-11(10)15-2;/h3-6,9,14H,7-8H2,1-2H3;1H. The van der Waals surface area contributed by atoms with Gasteiger partial charge >= 0.3 is 0 Å². The van der Waals surface area contributed by atoms with E-state index in [1.54, 1.807) is 7.11 Å². The van der Waals surface area contributed by atoms with E-state index in [4.69, 9.17) is 4.74 Å². The van der Waals surface area contributed by atoms with Gasteiger partial charge in [0.1, 0.15) is 11.9 Å². The number of halogens is 2. The van der Waals surface area contributed by atoms with Crippen molar-refractivity contribution >= 4 is 12.4 Å². The van der Waals surface area contributed by atoms with Gasteiger partial charge in [-0.05, 0) is 13.0 Å². The van der Waals surface area contributed by atoms with E-state index in [0.29, 0.717) is 13.0 Å². The van der Waals surface area contributed by atoms with Crippen LogP contribution in [0.25, 0.3) is 0 Å². The normalized spacial score (nSPS) is 28.6. The highest BCUT2D eigenvalue weighted by molar-refractivity contribution is 5.85. The number of nitrogens with one attached hydrogen (secondary N) is 1. The quantitative estimate of drug-likeness (QED) is 0.865. The Morgan fingerprint density at radius 3 is 2.69 bits per heavy atom. The van der Waals surface area contributed by atoms with Gasteiger partial charge in [-0.1, -0.05) is 18.2 Å². The fourth-order valence-electron chi connectivity index (χ4n) is 2.23. The van der Waals surface area contributed by atoms with Gasteiger partial charge in [0.15, 0.2) is 0 Å². The fourth-order valence-corrected chi connectivity index (χ4v) is 2.23. The summed E-state index contributed by atoms with van der Waals surface area (Å²) in [6, 6.07) is 7.78. The van der Waals surface area contributed by atoms with Crippen molar-refractivity contribution in [3.63, 3.8) is 0 Å². The minimum absolute atomic E-state index is 0. The number of rotatable bonds is 2. The molecule has 1 N–H and O–H groups in total. The minimum atomic E-state index is -0.764. The second-order valence-corrected chi connectivity index (χ2v) is 4.21. The molecule has 0 saturated carbocycles. The molecule has 2 atom stereocenters. The topological polar surface area (TPSA) is 21.3 Å². The van der Waals surface area contributed by atoms with Crippen LogP contribution >= 0.6 is 12.4 Å². The van der Waals surface area contributed by atoms with Gasteiger partial charge in [0.25, 0.3) is 0 Å². The fraction of sp³-hybridized carbons (Fsp3) is 0.500. The summed E-state index contributed by atoms with van der Waals surface area (Å²) in [5.41, 5.74) is 0.735. The van der Waals surface area contributed by atoms with E-state index < -0.39 is 6.17 Å². The van der Waals surface area contributed by atoms with Crippen molar-refractivity contribution in [1.29, 1.82) is 0 Å². The van der Waals surface area contributed by atoms with Crippen LogP contribution < -0.4 is 10.1 Å². The summed E-state index contributed by atoms with van der Waals surface area (Å²) in [5.74, 6) is 0.821. The maximum Gasteiger partial charge on any atom is 0.123 e. The molecular formula is C12H17ClFNO.